The molecule has 1 unspecified atom stereocenters. The summed E-state index contributed by atoms with van der Waals surface area (Å²) in [5.74, 6) is -0.275. The van der Waals surface area contributed by atoms with Gasteiger partial charge in [0.25, 0.3) is 0 Å². The van der Waals surface area contributed by atoms with E-state index in [2.05, 4.69) is 15.0 Å². The normalized spacial score (nSPS) is 12.1. The Kier molecular flexibility index (Phi) is 2.69. The maximum atomic E-state index is 12.8. The Bertz CT molecular complexity index is 522. The van der Waals surface area contributed by atoms with E-state index < -0.39 is 0 Å². The summed E-state index contributed by atoms with van der Waals surface area (Å²) in [6.45, 7) is 8.81. The number of hydrogen-bond donors (Lipinski definition) is 1. The third kappa shape index (κ3) is 1.80. The molecule has 1 atom stereocenters. The number of aromatic nitrogens is 2. The summed E-state index contributed by atoms with van der Waals surface area (Å²) < 4.78 is 12.8. The van der Waals surface area contributed by atoms with Crippen LogP contribution in [0.2, 0.25) is 0 Å². The minimum atomic E-state index is -0.275. The van der Waals surface area contributed by atoms with Crippen molar-refractivity contribution in [2.45, 2.75) is 13.0 Å². The number of rotatable bonds is 2. The molecule has 0 aliphatic rings. The lowest BCUT2D eigenvalue weighted by molar-refractivity contribution is 0.628. The Hall–Kier alpha value is -2.15. The van der Waals surface area contributed by atoms with Crippen LogP contribution in [0.5, 0.6) is 0 Å². The molecule has 1 aromatic heterocycles. The van der Waals surface area contributed by atoms with Gasteiger partial charge in [0, 0.05) is 12.5 Å². The van der Waals surface area contributed by atoms with Gasteiger partial charge >= 0.3 is 0 Å². The van der Waals surface area contributed by atoms with E-state index in [9.17, 15) is 4.39 Å². The summed E-state index contributed by atoms with van der Waals surface area (Å²) in [7, 11) is 0. The molecule has 0 fully saturated rings. The fourth-order valence-corrected chi connectivity index (χ4v) is 1.53. The van der Waals surface area contributed by atoms with Gasteiger partial charge in [-0.15, -0.1) is 0 Å². The van der Waals surface area contributed by atoms with Gasteiger partial charge in [-0.2, -0.15) is 5.10 Å². The van der Waals surface area contributed by atoms with E-state index in [-0.39, 0.29) is 11.9 Å². The maximum Gasteiger partial charge on any atom is 0.249 e. The van der Waals surface area contributed by atoms with Crippen LogP contribution in [0.1, 0.15) is 18.5 Å². The Morgan fingerprint density at radius 3 is 2.69 bits per heavy atom. The van der Waals surface area contributed by atoms with Crippen molar-refractivity contribution in [1.29, 1.82) is 0 Å². The van der Waals surface area contributed by atoms with Crippen LogP contribution in [0.3, 0.4) is 0 Å². The van der Waals surface area contributed by atoms with Gasteiger partial charge < -0.3 is 4.85 Å². The molecule has 0 aliphatic heterocycles. The number of benzene rings is 1. The zero-order valence-electron chi connectivity index (χ0n) is 8.74. The first-order valence-electron chi connectivity index (χ1n) is 4.88. The highest BCUT2D eigenvalue weighted by atomic mass is 19.1. The Morgan fingerprint density at radius 1 is 1.38 bits per heavy atom. The van der Waals surface area contributed by atoms with Crippen LogP contribution < -0.4 is 0 Å². The molecule has 4 heteroatoms. The van der Waals surface area contributed by atoms with E-state index in [0.29, 0.717) is 0 Å². The SMILES string of the molecule is [C-]#[N+]C(C)c1cn[nH]c1-c1ccc(F)cc1. The average molecular weight is 215 g/mol. The molecule has 0 radical (unpaired) electrons. The van der Waals surface area contributed by atoms with E-state index in [1.807, 2.05) is 6.92 Å². The van der Waals surface area contributed by atoms with Crippen molar-refractivity contribution < 1.29 is 4.39 Å². The summed E-state index contributed by atoms with van der Waals surface area (Å²) in [5.41, 5.74) is 2.45. The summed E-state index contributed by atoms with van der Waals surface area (Å²) in [6, 6.07) is 5.87. The molecule has 0 bridgehead atoms. The van der Waals surface area contributed by atoms with Crippen LogP contribution in [0.15, 0.2) is 30.5 Å². The standard InChI is InChI=1S/C12H10FN3/c1-8(14-2)11-7-15-16-12(11)9-3-5-10(13)6-4-9/h3-8H,1H3,(H,15,16). The van der Waals surface area contributed by atoms with E-state index in [1.165, 1.54) is 12.1 Å². The molecule has 80 valence electrons. The molecule has 0 saturated heterocycles. The van der Waals surface area contributed by atoms with Crippen LogP contribution in [0, 0.1) is 12.4 Å². The van der Waals surface area contributed by atoms with E-state index in [1.54, 1.807) is 18.3 Å². The van der Waals surface area contributed by atoms with Crippen LogP contribution in [-0.2, 0) is 0 Å². The van der Waals surface area contributed by atoms with E-state index in [0.717, 1.165) is 16.8 Å². The molecular weight excluding hydrogens is 205 g/mol. The number of halogens is 1. The highest BCUT2D eigenvalue weighted by Crippen LogP contribution is 2.27. The second-order valence-corrected chi connectivity index (χ2v) is 3.51. The lowest BCUT2D eigenvalue weighted by Crippen LogP contribution is -1.89. The van der Waals surface area contributed by atoms with Crippen molar-refractivity contribution in [1.82, 2.24) is 10.2 Å². The first-order chi connectivity index (χ1) is 7.72. The number of aromatic amines is 1. The molecule has 0 saturated carbocycles. The smallest absolute Gasteiger partial charge is 0.249 e. The molecule has 0 spiro atoms. The molecule has 3 nitrogen and oxygen atoms in total. The second kappa shape index (κ2) is 4.15. The molecule has 2 aromatic rings. The van der Waals surface area contributed by atoms with E-state index >= 15 is 0 Å². The topological polar surface area (TPSA) is 33.0 Å². The summed E-state index contributed by atoms with van der Waals surface area (Å²) >= 11 is 0. The fourth-order valence-electron chi connectivity index (χ4n) is 1.53. The molecule has 0 aliphatic carbocycles. The van der Waals surface area contributed by atoms with Gasteiger partial charge in [0.05, 0.1) is 17.5 Å². The van der Waals surface area contributed by atoms with Crippen molar-refractivity contribution >= 4 is 0 Å². The molecule has 0 amide bonds. The Labute approximate surface area is 92.7 Å². The van der Waals surface area contributed by atoms with Crippen LogP contribution in [0.4, 0.5) is 4.39 Å². The van der Waals surface area contributed by atoms with E-state index in [4.69, 9.17) is 6.57 Å². The zero-order chi connectivity index (χ0) is 11.5. The van der Waals surface area contributed by atoms with Gasteiger partial charge in [0.2, 0.25) is 6.04 Å². The zero-order valence-corrected chi connectivity index (χ0v) is 8.74. The molecule has 2 rings (SSSR count). The average Bonchev–Trinajstić information content (AvgIpc) is 2.78. The summed E-state index contributed by atoms with van der Waals surface area (Å²) in [6.07, 6.45) is 1.64. The lowest BCUT2D eigenvalue weighted by atomic mass is 10.0. The minimum absolute atomic E-state index is 0.251. The van der Waals surface area contributed by atoms with Crippen LogP contribution in [0.25, 0.3) is 16.1 Å². The van der Waals surface area contributed by atoms with Gasteiger partial charge in [-0.05, 0) is 24.3 Å². The van der Waals surface area contributed by atoms with Crippen LogP contribution >= 0.6 is 0 Å². The van der Waals surface area contributed by atoms with Gasteiger partial charge in [0.15, 0.2) is 0 Å². The van der Waals surface area contributed by atoms with Crippen molar-refractivity contribution in [3.05, 3.63) is 53.3 Å². The third-order valence-corrected chi connectivity index (χ3v) is 2.45. The minimum Gasteiger partial charge on any atom is -0.309 e. The monoisotopic (exact) mass is 215 g/mol. The Balaban J connectivity index is 2.45. The fraction of sp³-hybridized carbons (Fsp3) is 0.167. The summed E-state index contributed by atoms with van der Waals surface area (Å²) in [5, 5.41) is 6.77. The highest BCUT2D eigenvalue weighted by Gasteiger charge is 2.17. The molecule has 1 aromatic carbocycles. The number of nitrogens with zero attached hydrogens (tertiary/aromatic N) is 2. The quantitative estimate of drug-likeness (QED) is 0.767. The first-order valence-corrected chi connectivity index (χ1v) is 4.88. The molecule has 1 N–H and O–H groups in total. The summed E-state index contributed by atoms with van der Waals surface area (Å²) in [4.78, 5) is 3.45. The number of H-pyrrole nitrogens is 1. The lowest BCUT2D eigenvalue weighted by Gasteiger charge is -2.02. The molecule has 16 heavy (non-hydrogen) atoms. The predicted octanol–water partition coefficient (Wildman–Crippen LogP) is 3.20. The van der Waals surface area contributed by atoms with Crippen molar-refractivity contribution in [2.75, 3.05) is 0 Å². The van der Waals surface area contributed by atoms with Gasteiger partial charge in [-0.3, -0.25) is 5.10 Å². The van der Waals surface area contributed by atoms with Crippen molar-refractivity contribution in [3.63, 3.8) is 0 Å². The highest BCUT2D eigenvalue weighted by molar-refractivity contribution is 5.63. The second-order valence-electron chi connectivity index (χ2n) is 3.51. The van der Waals surface area contributed by atoms with Gasteiger partial charge in [-0.25, -0.2) is 11.0 Å². The van der Waals surface area contributed by atoms with Crippen LogP contribution in [-0.4, -0.2) is 10.2 Å². The molecule has 1 heterocycles. The molecular formula is C12H10FN3. The van der Waals surface area contributed by atoms with Crippen molar-refractivity contribution in [2.24, 2.45) is 0 Å². The Morgan fingerprint density at radius 2 is 2.06 bits per heavy atom. The predicted molar refractivity (Wildman–Crippen MR) is 59.0 cm³/mol. The van der Waals surface area contributed by atoms with Gasteiger partial charge in [0.1, 0.15) is 5.82 Å². The number of nitrogens with one attached hydrogen (secondary N) is 1. The third-order valence-electron chi connectivity index (χ3n) is 2.45. The maximum absolute atomic E-state index is 12.8. The first kappa shape index (κ1) is 10.4. The number of hydrogen-bond acceptors (Lipinski definition) is 1. The van der Waals surface area contributed by atoms with Gasteiger partial charge in [-0.1, -0.05) is 0 Å². The van der Waals surface area contributed by atoms with Crippen molar-refractivity contribution in [3.8, 4) is 11.3 Å². The largest absolute Gasteiger partial charge is 0.309 e.